The molecular weight excluding hydrogens is 275 g/mol. The van der Waals surface area contributed by atoms with Crippen molar-refractivity contribution in [3.8, 4) is 17.4 Å². The lowest BCUT2D eigenvalue weighted by Crippen LogP contribution is -2.12. The van der Waals surface area contributed by atoms with Crippen molar-refractivity contribution in [2.75, 3.05) is 12.8 Å². The monoisotopic (exact) mass is 285 g/mol. The first-order chi connectivity index (χ1) is 9.38. The maximum atomic E-state index is 12.5. The van der Waals surface area contributed by atoms with Crippen molar-refractivity contribution in [2.45, 2.75) is 6.18 Å². The standard InChI is InChI=1S/C12H10F3N3O2/c1-19-7-3-2-4-8(5-7)20-10-6-9(16)17-11(18-10)12(13,14)15/h2-6H,1H3,(H2,16,17,18). The number of ether oxygens (including phenoxy) is 2. The van der Waals surface area contributed by atoms with E-state index in [4.69, 9.17) is 15.2 Å². The van der Waals surface area contributed by atoms with E-state index in [0.29, 0.717) is 5.75 Å². The zero-order chi connectivity index (χ0) is 14.8. The zero-order valence-corrected chi connectivity index (χ0v) is 10.3. The first-order valence-corrected chi connectivity index (χ1v) is 5.42. The maximum absolute atomic E-state index is 12.5. The van der Waals surface area contributed by atoms with E-state index < -0.39 is 12.0 Å². The summed E-state index contributed by atoms with van der Waals surface area (Å²) < 4.78 is 47.9. The molecule has 0 unspecified atom stereocenters. The van der Waals surface area contributed by atoms with Crippen molar-refractivity contribution in [1.82, 2.24) is 9.97 Å². The number of methoxy groups -OCH3 is 1. The van der Waals surface area contributed by atoms with Gasteiger partial charge in [0.05, 0.1) is 7.11 Å². The SMILES string of the molecule is COc1cccc(Oc2cc(N)nc(C(F)(F)F)n2)c1. The van der Waals surface area contributed by atoms with Gasteiger partial charge in [-0.3, -0.25) is 0 Å². The average molecular weight is 285 g/mol. The Bertz CT molecular complexity index is 617. The van der Waals surface area contributed by atoms with Gasteiger partial charge in [-0.15, -0.1) is 0 Å². The van der Waals surface area contributed by atoms with Crippen molar-refractivity contribution < 1.29 is 22.6 Å². The van der Waals surface area contributed by atoms with Gasteiger partial charge in [0.1, 0.15) is 17.3 Å². The number of hydrogen-bond acceptors (Lipinski definition) is 5. The van der Waals surface area contributed by atoms with Crippen LogP contribution in [-0.2, 0) is 6.18 Å². The molecule has 0 saturated carbocycles. The summed E-state index contributed by atoms with van der Waals surface area (Å²) in [6, 6.07) is 7.46. The Kier molecular flexibility index (Phi) is 3.64. The molecule has 5 nitrogen and oxygen atoms in total. The molecule has 2 aromatic rings. The normalized spacial score (nSPS) is 11.2. The van der Waals surface area contributed by atoms with Gasteiger partial charge in [-0.05, 0) is 12.1 Å². The largest absolute Gasteiger partial charge is 0.497 e. The molecule has 1 aromatic heterocycles. The summed E-state index contributed by atoms with van der Waals surface area (Å²) in [5, 5.41) is 0. The molecule has 0 aliphatic heterocycles. The molecule has 0 bridgehead atoms. The summed E-state index contributed by atoms with van der Waals surface area (Å²) in [7, 11) is 1.46. The van der Waals surface area contributed by atoms with Crippen LogP contribution in [0.25, 0.3) is 0 Å². The van der Waals surface area contributed by atoms with E-state index >= 15 is 0 Å². The molecular formula is C12H10F3N3O2. The Morgan fingerprint density at radius 3 is 2.45 bits per heavy atom. The highest BCUT2D eigenvalue weighted by Gasteiger charge is 2.35. The van der Waals surface area contributed by atoms with Crippen LogP contribution in [0.2, 0.25) is 0 Å². The van der Waals surface area contributed by atoms with Gasteiger partial charge in [0.2, 0.25) is 11.7 Å². The third-order valence-corrected chi connectivity index (χ3v) is 2.24. The van der Waals surface area contributed by atoms with E-state index in [1.807, 2.05) is 0 Å². The first kappa shape index (κ1) is 13.9. The van der Waals surface area contributed by atoms with Gasteiger partial charge in [0, 0.05) is 12.1 Å². The molecule has 8 heteroatoms. The van der Waals surface area contributed by atoms with Crippen LogP contribution in [0.4, 0.5) is 19.0 Å². The van der Waals surface area contributed by atoms with Gasteiger partial charge in [-0.1, -0.05) is 6.07 Å². The number of aromatic nitrogens is 2. The molecule has 0 amide bonds. The van der Waals surface area contributed by atoms with Crippen molar-refractivity contribution in [2.24, 2.45) is 0 Å². The van der Waals surface area contributed by atoms with Gasteiger partial charge < -0.3 is 15.2 Å². The smallest absolute Gasteiger partial charge is 0.451 e. The number of nitrogens with two attached hydrogens (primary N) is 1. The molecule has 2 N–H and O–H groups in total. The number of benzene rings is 1. The molecule has 0 aliphatic rings. The summed E-state index contributed by atoms with van der Waals surface area (Å²) in [4.78, 5) is 6.39. The van der Waals surface area contributed by atoms with Crippen molar-refractivity contribution in [3.05, 3.63) is 36.2 Å². The molecule has 0 saturated heterocycles. The van der Waals surface area contributed by atoms with Crippen LogP contribution in [0, 0.1) is 0 Å². The summed E-state index contributed by atoms with van der Waals surface area (Å²) in [5.41, 5.74) is 5.31. The number of hydrogen-bond donors (Lipinski definition) is 1. The minimum Gasteiger partial charge on any atom is -0.497 e. The average Bonchev–Trinajstić information content (AvgIpc) is 2.37. The molecule has 0 aliphatic carbocycles. The Morgan fingerprint density at radius 2 is 1.80 bits per heavy atom. The van der Waals surface area contributed by atoms with Crippen molar-refractivity contribution >= 4 is 5.82 Å². The van der Waals surface area contributed by atoms with E-state index in [9.17, 15) is 13.2 Å². The quantitative estimate of drug-likeness (QED) is 0.939. The maximum Gasteiger partial charge on any atom is 0.451 e. The summed E-state index contributed by atoms with van der Waals surface area (Å²) in [5.74, 6) is -1.20. The van der Waals surface area contributed by atoms with Gasteiger partial charge in [-0.2, -0.15) is 18.2 Å². The summed E-state index contributed by atoms with van der Waals surface area (Å²) >= 11 is 0. The van der Waals surface area contributed by atoms with E-state index in [2.05, 4.69) is 9.97 Å². The van der Waals surface area contributed by atoms with Gasteiger partial charge in [0.15, 0.2) is 0 Å². The molecule has 20 heavy (non-hydrogen) atoms. The molecule has 1 aromatic carbocycles. The lowest BCUT2D eigenvalue weighted by molar-refractivity contribution is -0.145. The number of alkyl halides is 3. The fraction of sp³-hybridized carbons (Fsp3) is 0.167. The number of rotatable bonds is 3. The van der Waals surface area contributed by atoms with Crippen LogP contribution in [-0.4, -0.2) is 17.1 Å². The number of halogens is 3. The Labute approximate surface area is 112 Å². The van der Waals surface area contributed by atoms with Crippen molar-refractivity contribution in [1.29, 1.82) is 0 Å². The van der Waals surface area contributed by atoms with Crippen LogP contribution in [0.1, 0.15) is 5.82 Å². The molecule has 0 atom stereocenters. The lowest BCUT2D eigenvalue weighted by Gasteiger charge is -2.10. The van der Waals surface area contributed by atoms with Gasteiger partial charge >= 0.3 is 6.18 Å². The second-order valence-electron chi connectivity index (χ2n) is 3.73. The first-order valence-electron chi connectivity index (χ1n) is 5.42. The zero-order valence-electron chi connectivity index (χ0n) is 10.3. The van der Waals surface area contributed by atoms with Crippen LogP contribution in [0.3, 0.4) is 0 Å². The predicted octanol–water partition coefficient (Wildman–Crippen LogP) is 2.88. The number of anilines is 1. The Morgan fingerprint density at radius 1 is 1.10 bits per heavy atom. The topological polar surface area (TPSA) is 70.3 Å². The third kappa shape index (κ3) is 3.28. The van der Waals surface area contributed by atoms with Gasteiger partial charge in [0.25, 0.3) is 0 Å². The fourth-order valence-corrected chi connectivity index (χ4v) is 1.41. The second kappa shape index (κ2) is 5.24. The second-order valence-corrected chi connectivity index (χ2v) is 3.73. The van der Waals surface area contributed by atoms with E-state index in [-0.39, 0.29) is 17.4 Å². The number of nitrogen functional groups attached to an aromatic ring is 1. The highest BCUT2D eigenvalue weighted by Crippen LogP contribution is 2.30. The molecule has 106 valence electrons. The fourth-order valence-electron chi connectivity index (χ4n) is 1.41. The third-order valence-electron chi connectivity index (χ3n) is 2.24. The van der Waals surface area contributed by atoms with E-state index in [1.165, 1.54) is 13.2 Å². The van der Waals surface area contributed by atoms with Crippen molar-refractivity contribution in [3.63, 3.8) is 0 Å². The Balaban J connectivity index is 2.31. The van der Waals surface area contributed by atoms with Gasteiger partial charge in [-0.25, -0.2) is 4.98 Å². The highest BCUT2D eigenvalue weighted by molar-refractivity contribution is 5.38. The number of nitrogens with zero attached hydrogens (tertiary/aromatic N) is 2. The molecule has 0 spiro atoms. The minimum atomic E-state index is -4.69. The van der Waals surface area contributed by atoms with Crippen LogP contribution < -0.4 is 15.2 Å². The lowest BCUT2D eigenvalue weighted by atomic mass is 10.3. The molecule has 2 rings (SSSR count). The highest BCUT2D eigenvalue weighted by atomic mass is 19.4. The Hall–Kier alpha value is -2.51. The minimum absolute atomic E-state index is 0.274. The summed E-state index contributed by atoms with van der Waals surface area (Å²) in [6.07, 6.45) is -4.69. The molecule has 1 heterocycles. The summed E-state index contributed by atoms with van der Waals surface area (Å²) in [6.45, 7) is 0. The van der Waals surface area contributed by atoms with Crippen LogP contribution in [0.15, 0.2) is 30.3 Å². The molecule has 0 radical (unpaired) electrons. The van der Waals surface area contributed by atoms with Crippen LogP contribution in [0.5, 0.6) is 17.4 Å². The van der Waals surface area contributed by atoms with Crippen LogP contribution >= 0.6 is 0 Å². The molecule has 0 fully saturated rings. The predicted molar refractivity (Wildman–Crippen MR) is 64.5 cm³/mol. The van der Waals surface area contributed by atoms with E-state index in [1.54, 1.807) is 18.2 Å². The van der Waals surface area contributed by atoms with E-state index in [0.717, 1.165) is 6.07 Å².